The number of hydrogen-bond donors (Lipinski definition) is 0. The number of nitrogens with zero attached hydrogens (tertiary/aromatic N) is 1. The highest BCUT2D eigenvalue weighted by atomic mass is 19.1. The fourth-order valence-corrected chi connectivity index (χ4v) is 2.15. The van der Waals surface area contributed by atoms with Gasteiger partial charge in [-0.05, 0) is 42.8 Å². The van der Waals surface area contributed by atoms with Gasteiger partial charge in [-0.15, -0.1) is 0 Å². The Bertz CT molecular complexity index is 930. The van der Waals surface area contributed by atoms with Crippen molar-refractivity contribution in [2.45, 2.75) is 6.92 Å². The van der Waals surface area contributed by atoms with Crippen LogP contribution < -0.4 is 9.47 Å². The lowest BCUT2D eigenvalue weighted by molar-refractivity contribution is -0.137. The van der Waals surface area contributed by atoms with E-state index >= 15 is 0 Å². The van der Waals surface area contributed by atoms with Crippen molar-refractivity contribution in [3.8, 4) is 17.6 Å². The van der Waals surface area contributed by atoms with Gasteiger partial charge in [-0.2, -0.15) is 5.26 Å². The van der Waals surface area contributed by atoms with E-state index in [1.807, 2.05) is 0 Å². The summed E-state index contributed by atoms with van der Waals surface area (Å²) in [4.78, 5) is 23.8. The molecular weight excluding hydrogens is 353 g/mol. The molecule has 7 heteroatoms. The van der Waals surface area contributed by atoms with Crippen LogP contribution in [-0.4, -0.2) is 25.7 Å². The second kappa shape index (κ2) is 9.15. The molecule has 0 atom stereocenters. The van der Waals surface area contributed by atoms with E-state index in [1.165, 1.54) is 49.6 Å². The Hall–Kier alpha value is -3.66. The van der Waals surface area contributed by atoms with Crippen LogP contribution in [-0.2, 0) is 9.53 Å². The first-order valence-corrected chi connectivity index (χ1v) is 7.93. The molecule has 0 aliphatic carbocycles. The summed E-state index contributed by atoms with van der Waals surface area (Å²) in [5.41, 5.74) is 0.0646. The summed E-state index contributed by atoms with van der Waals surface area (Å²) in [6.45, 7) is 1.78. The smallest absolute Gasteiger partial charge is 0.348 e. The molecule has 6 nitrogen and oxygen atoms in total. The lowest BCUT2D eigenvalue weighted by Gasteiger charge is -2.10. The third kappa shape index (κ3) is 4.92. The van der Waals surface area contributed by atoms with Crippen molar-refractivity contribution in [1.82, 2.24) is 0 Å². The number of methoxy groups -OCH3 is 1. The van der Waals surface area contributed by atoms with Crippen molar-refractivity contribution in [3.63, 3.8) is 0 Å². The first-order valence-electron chi connectivity index (χ1n) is 7.93. The van der Waals surface area contributed by atoms with Crippen molar-refractivity contribution in [2.24, 2.45) is 0 Å². The molecule has 0 aromatic heterocycles. The second-order valence-corrected chi connectivity index (χ2v) is 5.17. The van der Waals surface area contributed by atoms with Crippen LogP contribution in [0.25, 0.3) is 6.08 Å². The van der Waals surface area contributed by atoms with E-state index in [2.05, 4.69) is 0 Å². The quantitative estimate of drug-likeness (QED) is 0.335. The van der Waals surface area contributed by atoms with Gasteiger partial charge >= 0.3 is 11.9 Å². The molecule has 0 bridgehead atoms. The Kier molecular flexibility index (Phi) is 6.67. The van der Waals surface area contributed by atoms with Gasteiger partial charge in [-0.1, -0.05) is 18.2 Å². The van der Waals surface area contributed by atoms with E-state index in [4.69, 9.17) is 19.5 Å². The van der Waals surface area contributed by atoms with Gasteiger partial charge in [0.2, 0.25) is 0 Å². The summed E-state index contributed by atoms with van der Waals surface area (Å²) in [6.07, 6.45) is 1.32. The summed E-state index contributed by atoms with van der Waals surface area (Å²) in [5, 5.41) is 9.08. The lowest BCUT2D eigenvalue weighted by atomic mass is 10.1. The number of rotatable bonds is 6. The molecule has 0 amide bonds. The molecule has 0 fully saturated rings. The topological polar surface area (TPSA) is 85.6 Å². The number of esters is 2. The number of halogens is 1. The van der Waals surface area contributed by atoms with Gasteiger partial charge in [0.1, 0.15) is 17.5 Å². The van der Waals surface area contributed by atoms with E-state index in [0.29, 0.717) is 5.56 Å². The van der Waals surface area contributed by atoms with Crippen molar-refractivity contribution in [1.29, 1.82) is 5.26 Å². The maximum atomic E-state index is 13.7. The Morgan fingerprint density at radius 2 is 1.93 bits per heavy atom. The molecule has 2 rings (SSSR count). The maximum Gasteiger partial charge on any atom is 0.348 e. The molecule has 0 heterocycles. The number of carbonyl (C=O) groups excluding carboxylic acids is 2. The Balaban J connectivity index is 2.29. The Morgan fingerprint density at radius 1 is 1.19 bits per heavy atom. The molecule has 0 spiro atoms. The zero-order valence-corrected chi connectivity index (χ0v) is 14.7. The second-order valence-electron chi connectivity index (χ2n) is 5.17. The first kappa shape index (κ1) is 19.7. The summed E-state index contributed by atoms with van der Waals surface area (Å²) in [5.74, 6) is -2.07. The number of carbonyl (C=O) groups is 2. The number of hydrogen-bond acceptors (Lipinski definition) is 6. The SMILES string of the molecule is CCOC(=O)C(C#N)=Cc1ccc(OC(=O)c2ccccc2F)c(OC)c1. The summed E-state index contributed by atoms with van der Waals surface area (Å²) >= 11 is 0. The monoisotopic (exact) mass is 369 g/mol. The molecule has 0 aliphatic heterocycles. The Labute approximate surface area is 155 Å². The largest absolute Gasteiger partial charge is 0.493 e. The minimum Gasteiger partial charge on any atom is -0.493 e. The van der Waals surface area contributed by atoms with Gasteiger partial charge in [0, 0.05) is 0 Å². The zero-order valence-electron chi connectivity index (χ0n) is 14.7. The molecule has 0 saturated heterocycles. The van der Waals surface area contributed by atoms with E-state index in [9.17, 15) is 14.0 Å². The summed E-state index contributed by atoms with van der Waals surface area (Å²) in [7, 11) is 1.36. The molecule has 2 aromatic carbocycles. The van der Waals surface area contributed by atoms with Crippen molar-refractivity contribution < 1.29 is 28.2 Å². The summed E-state index contributed by atoms with van der Waals surface area (Å²) < 4.78 is 28.9. The van der Waals surface area contributed by atoms with Gasteiger partial charge < -0.3 is 14.2 Å². The minimum atomic E-state index is -0.876. The predicted octanol–water partition coefficient (Wildman–Crippen LogP) is 3.52. The zero-order chi connectivity index (χ0) is 19.8. The van der Waals surface area contributed by atoms with Crippen LogP contribution in [0, 0.1) is 17.1 Å². The third-order valence-corrected chi connectivity index (χ3v) is 3.41. The molecule has 2 aromatic rings. The first-order chi connectivity index (χ1) is 13.0. The molecule has 0 unspecified atom stereocenters. The van der Waals surface area contributed by atoms with Crippen LogP contribution in [0.4, 0.5) is 4.39 Å². The van der Waals surface area contributed by atoms with Gasteiger partial charge in [0.05, 0.1) is 19.3 Å². The fraction of sp³-hybridized carbons (Fsp3) is 0.150. The lowest BCUT2D eigenvalue weighted by Crippen LogP contribution is -2.11. The summed E-state index contributed by atoms with van der Waals surface area (Å²) in [6, 6.07) is 11.6. The van der Waals surface area contributed by atoms with Gasteiger partial charge in [0.15, 0.2) is 11.5 Å². The molecule has 27 heavy (non-hydrogen) atoms. The standard InChI is InChI=1S/C20H16FNO5/c1-3-26-19(23)14(12-22)10-13-8-9-17(18(11-13)25-2)27-20(24)15-6-4-5-7-16(15)21/h4-11H,3H2,1-2H3. The highest BCUT2D eigenvalue weighted by molar-refractivity contribution is 5.98. The molecular formula is C20H16FNO5. The normalized spacial score (nSPS) is 10.7. The molecule has 0 N–H and O–H groups in total. The highest BCUT2D eigenvalue weighted by Gasteiger charge is 2.16. The molecule has 0 saturated carbocycles. The third-order valence-electron chi connectivity index (χ3n) is 3.41. The number of ether oxygens (including phenoxy) is 3. The van der Waals surface area contributed by atoms with E-state index in [-0.39, 0.29) is 29.2 Å². The maximum absolute atomic E-state index is 13.7. The van der Waals surface area contributed by atoms with Crippen LogP contribution in [0.3, 0.4) is 0 Å². The average molecular weight is 369 g/mol. The molecule has 0 aliphatic rings. The van der Waals surface area contributed by atoms with Crippen molar-refractivity contribution >= 4 is 18.0 Å². The molecule has 138 valence electrons. The van der Waals surface area contributed by atoms with Crippen LogP contribution in [0.15, 0.2) is 48.0 Å². The van der Waals surface area contributed by atoms with Gasteiger partial charge in [-0.3, -0.25) is 0 Å². The van der Waals surface area contributed by atoms with Crippen molar-refractivity contribution in [2.75, 3.05) is 13.7 Å². The minimum absolute atomic E-state index is 0.0672. The van der Waals surface area contributed by atoms with E-state index < -0.39 is 17.8 Å². The van der Waals surface area contributed by atoms with Gasteiger partial charge in [0.25, 0.3) is 0 Å². The number of benzene rings is 2. The van der Waals surface area contributed by atoms with Crippen LogP contribution in [0.5, 0.6) is 11.5 Å². The van der Waals surface area contributed by atoms with Crippen LogP contribution in [0.1, 0.15) is 22.8 Å². The average Bonchev–Trinajstić information content (AvgIpc) is 2.67. The number of nitriles is 1. The van der Waals surface area contributed by atoms with E-state index in [0.717, 1.165) is 6.07 Å². The van der Waals surface area contributed by atoms with Crippen LogP contribution in [0.2, 0.25) is 0 Å². The van der Waals surface area contributed by atoms with Crippen LogP contribution >= 0.6 is 0 Å². The predicted molar refractivity (Wildman–Crippen MR) is 94.6 cm³/mol. The highest BCUT2D eigenvalue weighted by Crippen LogP contribution is 2.30. The fourth-order valence-electron chi connectivity index (χ4n) is 2.15. The van der Waals surface area contributed by atoms with E-state index in [1.54, 1.807) is 13.0 Å². The Morgan fingerprint density at radius 3 is 2.56 bits per heavy atom. The molecule has 0 radical (unpaired) electrons. The van der Waals surface area contributed by atoms with Gasteiger partial charge in [-0.25, -0.2) is 14.0 Å². The van der Waals surface area contributed by atoms with Crippen molar-refractivity contribution in [3.05, 3.63) is 65.0 Å².